The minimum atomic E-state index is -0.393. The van der Waals surface area contributed by atoms with Crippen LogP contribution in [-0.2, 0) is 13.1 Å². The van der Waals surface area contributed by atoms with E-state index in [0.29, 0.717) is 5.56 Å². The van der Waals surface area contributed by atoms with E-state index in [-0.39, 0.29) is 0 Å². The van der Waals surface area contributed by atoms with Gasteiger partial charge in [0, 0.05) is 24.2 Å². The van der Waals surface area contributed by atoms with E-state index in [4.69, 9.17) is 10.2 Å². The molecule has 1 amide bonds. The number of hydrogen-bond acceptors (Lipinski definition) is 3. The molecule has 0 bridgehead atoms. The molecule has 94 valence electrons. The topological polar surface area (TPSA) is 68.3 Å². The maximum atomic E-state index is 11.0. The number of primary amides is 1. The summed E-state index contributed by atoms with van der Waals surface area (Å²) >= 11 is 0. The van der Waals surface area contributed by atoms with E-state index in [1.165, 1.54) is 0 Å². The fourth-order valence-electron chi connectivity index (χ4n) is 1.78. The van der Waals surface area contributed by atoms with Gasteiger partial charge in [-0.2, -0.15) is 0 Å². The first-order valence-corrected chi connectivity index (χ1v) is 5.78. The molecular formula is C14H16N2O2. The van der Waals surface area contributed by atoms with E-state index in [2.05, 4.69) is 5.32 Å². The molecule has 18 heavy (non-hydrogen) atoms. The second-order valence-electron chi connectivity index (χ2n) is 4.24. The van der Waals surface area contributed by atoms with E-state index >= 15 is 0 Å². The van der Waals surface area contributed by atoms with Gasteiger partial charge in [0.05, 0.1) is 12.5 Å². The summed E-state index contributed by atoms with van der Waals surface area (Å²) in [6.45, 7) is 3.48. The van der Waals surface area contributed by atoms with Gasteiger partial charge in [-0.3, -0.25) is 4.79 Å². The maximum absolute atomic E-state index is 11.0. The normalized spacial score (nSPS) is 10.5. The monoisotopic (exact) mass is 244 g/mol. The molecule has 1 aromatic carbocycles. The molecule has 0 unspecified atom stereocenters. The van der Waals surface area contributed by atoms with Crippen molar-refractivity contribution < 1.29 is 9.21 Å². The van der Waals surface area contributed by atoms with Crippen molar-refractivity contribution in [1.29, 1.82) is 0 Å². The summed E-state index contributed by atoms with van der Waals surface area (Å²) in [4.78, 5) is 11.0. The highest BCUT2D eigenvalue weighted by Gasteiger charge is 2.04. The van der Waals surface area contributed by atoms with Gasteiger partial charge in [-0.1, -0.05) is 6.07 Å². The lowest BCUT2D eigenvalue weighted by molar-refractivity contribution is 0.1000. The Hall–Kier alpha value is -2.07. The molecule has 1 aromatic heterocycles. The predicted octanol–water partition coefficient (Wildman–Crippen LogP) is 1.98. The summed E-state index contributed by atoms with van der Waals surface area (Å²) in [6.07, 6.45) is 3.37. The van der Waals surface area contributed by atoms with E-state index in [9.17, 15) is 4.79 Å². The molecule has 2 aromatic rings. The first-order valence-electron chi connectivity index (χ1n) is 5.78. The van der Waals surface area contributed by atoms with Crippen LogP contribution in [0.1, 0.15) is 27.0 Å². The van der Waals surface area contributed by atoms with Crippen LogP contribution in [0.5, 0.6) is 0 Å². The highest BCUT2D eigenvalue weighted by Crippen LogP contribution is 2.11. The number of furan rings is 1. The lowest BCUT2D eigenvalue weighted by atomic mass is 10.0. The van der Waals surface area contributed by atoms with Crippen molar-refractivity contribution in [3.05, 3.63) is 59.0 Å². The van der Waals surface area contributed by atoms with Gasteiger partial charge in [0.2, 0.25) is 5.91 Å². The molecule has 0 atom stereocenters. The van der Waals surface area contributed by atoms with Gasteiger partial charge in [0.25, 0.3) is 0 Å². The number of carbonyl (C=O) groups is 1. The zero-order valence-corrected chi connectivity index (χ0v) is 10.3. The van der Waals surface area contributed by atoms with Crippen molar-refractivity contribution in [1.82, 2.24) is 5.32 Å². The van der Waals surface area contributed by atoms with Crippen LogP contribution in [0.25, 0.3) is 0 Å². The van der Waals surface area contributed by atoms with Crippen molar-refractivity contribution in [2.45, 2.75) is 20.0 Å². The zero-order chi connectivity index (χ0) is 13.0. The van der Waals surface area contributed by atoms with Crippen LogP contribution < -0.4 is 11.1 Å². The highest BCUT2D eigenvalue weighted by molar-refractivity contribution is 5.93. The molecule has 0 spiro atoms. The number of rotatable bonds is 5. The molecule has 0 fully saturated rings. The quantitative estimate of drug-likeness (QED) is 0.845. The molecule has 0 radical (unpaired) electrons. The summed E-state index contributed by atoms with van der Waals surface area (Å²) in [5.41, 5.74) is 9.11. The fourth-order valence-corrected chi connectivity index (χ4v) is 1.78. The van der Waals surface area contributed by atoms with Crippen LogP contribution >= 0.6 is 0 Å². The molecule has 4 heteroatoms. The standard InChI is InChI=1S/C14H16N2O2/c1-10-6-12(14(15)17)2-3-13(10)8-16-7-11-4-5-18-9-11/h2-6,9,16H,7-8H2,1H3,(H2,15,17). The Kier molecular flexibility index (Phi) is 3.79. The number of carbonyl (C=O) groups excluding carboxylic acids is 1. The lowest BCUT2D eigenvalue weighted by Crippen LogP contribution is -2.15. The summed E-state index contributed by atoms with van der Waals surface area (Å²) < 4.78 is 4.99. The van der Waals surface area contributed by atoms with E-state index in [1.807, 2.05) is 25.1 Å². The van der Waals surface area contributed by atoms with Gasteiger partial charge in [-0.05, 0) is 36.2 Å². The molecule has 1 heterocycles. The maximum Gasteiger partial charge on any atom is 0.248 e. The van der Waals surface area contributed by atoms with Crippen molar-refractivity contribution in [2.24, 2.45) is 5.73 Å². The zero-order valence-electron chi connectivity index (χ0n) is 10.3. The minimum absolute atomic E-state index is 0.393. The van der Waals surface area contributed by atoms with E-state index in [0.717, 1.165) is 29.8 Å². The van der Waals surface area contributed by atoms with Crippen LogP contribution in [0, 0.1) is 6.92 Å². The van der Waals surface area contributed by atoms with Gasteiger partial charge in [0.15, 0.2) is 0 Å². The first-order chi connectivity index (χ1) is 8.66. The molecule has 0 aliphatic carbocycles. The number of benzene rings is 1. The van der Waals surface area contributed by atoms with Crippen molar-refractivity contribution in [3.8, 4) is 0 Å². The van der Waals surface area contributed by atoms with Crippen LogP contribution in [0.2, 0.25) is 0 Å². The second kappa shape index (κ2) is 5.51. The SMILES string of the molecule is Cc1cc(C(N)=O)ccc1CNCc1ccoc1. The third-order valence-corrected chi connectivity index (χ3v) is 2.85. The van der Waals surface area contributed by atoms with Crippen molar-refractivity contribution >= 4 is 5.91 Å². The van der Waals surface area contributed by atoms with E-state index in [1.54, 1.807) is 18.6 Å². The average molecular weight is 244 g/mol. The molecule has 0 aliphatic rings. The smallest absolute Gasteiger partial charge is 0.248 e. The Morgan fingerprint density at radius 2 is 2.17 bits per heavy atom. The molecule has 0 saturated carbocycles. The first kappa shape index (κ1) is 12.4. The number of hydrogen-bond donors (Lipinski definition) is 2. The molecule has 4 nitrogen and oxygen atoms in total. The Balaban J connectivity index is 1.95. The average Bonchev–Trinajstić information content (AvgIpc) is 2.84. The number of nitrogens with one attached hydrogen (secondary N) is 1. The molecule has 2 rings (SSSR count). The van der Waals surface area contributed by atoms with Gasteiger partial charge >= 0.3 is 0 Å². The summed E-state index contributed by atoms with van der Waals surface area (Å²) in [6, 6.07) is 7.43. The highest BCUT2D eigenvalue weighted by atomic mass is 16.3. The van der Waals surface area contributed by atoms with Crippen LogP contribution in [0.3, 0.4) is 0 Å². The second-order valence-corrected chi connectivity index (χ2v) is 4.24. The minimum Gasteiger partial charge on any atom is -0.472 e. The molecular weight excluding hydrogens is 228 g/mol. The molecule has 0 saturated heterocycles. The number of aryl methyl sites for hydroxylation is 1. The summed E-state index contributed by atoms with van der Waals surface area (Å²) in [5, 5.41) is 3.32. The Morgan fingerprint density at radius 1 is 1.33 bits per heavy atom. The fraction of sp³-hybridized carbons (Fsp3) is 0.214. The summed E-state index contributed by atoms with van der Waals surface area (Å²) in [7, 11) is 0. The Morgan fingerprint density at radius 3 is 2.78 bits per heavy atom. The molecule has 0 aliphatic heterocycles. The van der Waals surface area contributed by atoms with Crippen molar-refractivity contribution in [3.63, 3.8) is 0 Å². The van der Waals surface area contributed by atoms with Gasteiger partial charge in [-0.15, -0.1) is 0 Å². The predicted molar refractivity (Wildman–Crippen MR) is 68.9 cm³/mol. The van der Waals surface area contributed by atoms with Crippen molar-refractivity contribution in [2.75, 3.05) is 0 Å². The third-order valence-electron chi connectivity index (χ3n) is 2.85. The summed E-state index contributed by atoms with van der Waals surface area (Å²) in [5.74, 6) is -0.393. The largest absolute Gasteiger partial charge is 0.472 e. The Bertz CT molecular complexity index is 533. The van der Waals surface area contributed by atoms with Gasteiger partial charge in [-0.25, -0.2) is 0 Å². The Labute approximate surface area is 106 Å². The third kappa shape index (κ3) is 2.99. The number of nitrogens with two attached hydrogens (primary N) is 1. The van der Waals surface area contributed by atoms with E-state index < -0.39 is 5.91 Å². The lowest BCUT2D eigenvalue weighted by Gasteiger charge is -2.08. The number of amides is 1. The van der Waals surface area contributed by atoms with Gasteiger partial charge < -0.3 is 15.5 Å². The van der Waals surface area contributed by atoms with Crippen LogP contribution in [-0.4, -0.2) is 5.91 Å². The molecule has 3 N–H and O–H groups in total. The van der Waals surface area contributed by atoms with Gasteiger partial charge in [0.1, 0.15) is 0 Å². The van der Waals surface area contributed by atoms with Crippen LogP contribution in [0.15, 0.2) is 41.2 Å². The van der Waals surface area contributed by atoms with Crippen LogP contribution in [0.4, 0.5) is 0 Å².